The third-order valence-corrected chi connectivity index (χ3v) is 6.25. The van der Waals surface area contributed by atoms with Gasteiger partial charge in [-0.1, -0.05) is 12.2 Å². The van der Waals surface area contributed by atoms with Gasteiger partial charge in [-0.25, -0.2) is 4.79 Å². The van der Waals surface area contributed by atoms with E-state index in [1.807, 2.05) is 12.2 Å². The second-order valence-corrected chi connectivity index (χ2v) is 8.02. The van der Waals surface area contributed by atoms with Crippen LogP contribution >= 0.6 is 0 Å². The van der Waals surface area contributed by atoms with Crippen molar-refractivity contribution in [3.63, 3.8) is 0 Å². The Hall–Kier alpha value is -3.76. The Kier molecular flexibility index (Phi) is 5.41. The van der Waals surface area contributed by atoms with Gasteiger partial charge in [0.05, 0.1) is 23.9 Å². The van der Waals surface area contributed by atoms with E-state index < -0.39 is 53.1 Å². The highest BCUT2D eigenvalue weighted by Gasteiger charge is 2.60. The van der Waals surface area contributed by atoms with Gasteiger partial charge in [0.2, 0.25) is 11.8 Å². The zero-order valence-corrected chi connectivity index (χ0v) is 17.3. The van der Waals surface area contributed by atoms with Gasteiger partial charge in [-0.2, -0.15) is 0 Å². The van der Waals surface area contributed by atoms with Crippen LogP contribution in [0.2, 0.25) is 0 Å². The van der Waals surface area contributed by atoms with Gasteiger partial charge in [-0.05, 0) is 31.2 Å². The Labute approximate surface area is 182 Å². The summed E-state index contributed by atoms with van der Waals surface area (Å²) in [5, 5.41) is 13.5. The highest BCUT2D eigenvalue weighted by molar-refractivity contribution is 6.09. The third-order valence-electron chi connectivity index (χ3n) is 6.25. The summed E-state index contributed by atoms with van der Waals surface area (Å²) in [6.07, 6.45) is 4.67. The van der Waals surface area contributed by atoms with Crippen molar-refractivity contribution in [2.24, 2.45) is 23.7 Å². The Bertz CT molecular complexity index is 1020. The van der Waals surface area contributed by atoms with Crippen molar-refractivity contribution in [1.82, 2.24) is 4.90 Å². The van der Waals surface area contributed by atoms with Gasteiger partial charge in [0.15, 0.2) is 6.61 Å². The van der Waals surface area contributed by atoms with Gasteiger partial charge in [0, 0.05) is 12.1 Å². The number of imide groups is 1. The summed E-state index contributed by atoms with van der Waals surface area (Å²) >= 11 is 0. The lowest BCUT2D eigenvalue weighted by molar-refractivity contribution is -0.383. The molecule has 0 spiro atoms. The summed E-state index contributed by atoms with van der Waals surface area (Å²) in [5.74, 6) is -3.08. The fraction of sp³-hybridized carbons (Fsp3) is 0.429. The molecule has 4 rings (SSSR count). The number of esters is 1. The molecule has 5 atom stereocenters. The summed E-state index contributed by atoms with van der Waals surface area (Å²) < 4.78 is 9.98. The number of rotatable bonds is 7. The summed E-state index contributed by atoms with van der Waals surface area (Å²) in [5.41, 5.74) is -0.481. The predicted octanol–water partition coefficient (Wildman–Crippen LogP) is 1.28. The van der Waals surface area contributed by atoms with E-state index in [4.69, 9.17) is 9.47 Å². The second-order valence-electron chi connectivity index (χ2n) is 8.02. The highest BCUT2D eigenvalue weighted by Crippen LogP contribution is 2.52. The zero-order chi connectivity index (χ0) is 23.2. The van der Waals surface area contributed by atoms with E-state index in [9.17, 15) is 29.3 Å². The number of amides is 3. The summed E-state index contributed by atoms with van der Waals surface area (Å²) in [4.78, 5) is 61.7. The Morgan fingerprint density at radius 1 is 1.22 bits per heavy atom. The van der Waals surface area contributed by atoms with Crippen LogP contribution in [0.3, 0.4) is 0 Å². The highest BCUT2D eigenvalue weighted by atomic mass is 16.6. The van der Waals surface area contributed by atoms with Crippen LogP contribution in [0.25, 0.3) is 0 Å². The van der Waals surface area contributed by atoms with Crippen LogP contribution in [0.15, 0.2) is 30.4 Å². The monoisotopic (exact) mass is 443 g/mol. The molecule has 11 nitrogen and oxygen atoms in total. The number of benzene rings is 1. The number of methoxy groups -OCH3 is 1. The van der Waals surface area contributed by atoms with Crippen LogP contribution in [-0.4, -0.2) is 53.3 Å². The molecule has 1 aliphatic heterocycles. The van der Waals surface area contributed by atoms with E-state index in [-0.39, 0.29) is 29.0 Å². The average Bonchev–Trinajstić information content (AvgIpc) is 3.45. The van der Waals surface area contributed by atoms with Crippen LogP contribution < -0.4 is 10.1 Å². The number of carbonyl (C=O) groups excluding carboxylic acids is 4. The fourth-order valence-electron chi connectivity index (χ4n) is 4.76. The number of nitro benzene ring substituents is 1. The van der Waals surface area contributed by atoms with Crippen molar-refractivity contribution in [2.75, 3.05) is 19.0 Å². The molecular weight excluding hydrogens is 422 g/mol. The number of nitrogens with one attached hydrogen (secondary N) is 1. The standard InChI is InChI=1S/C21H21N3O8/c1-10(23-19(26)17-11-3-4-12(7-11)18(17)20(23)27)21(28)32-9-16(25)22-14-8-13(31-2)5-6-15(14)24(29)30/h3-6,8,10-12,17-18H,7,9H2,1-2H3,(H,22,25)/t10-,11+,12+,17-,18+/m1/s1. The first kappa shape index (κ1) is 21.5. The van der Waals surface area contributed by atoms with Crippen molar-refractivity contribution < 1.29 is 33.6 Å². The summed E-state index contributed by atoms with van der Waals surface area (Å²) in [6.45, 7) is 0.632. The van der Waals surface area contributed by atoms with Crippen LogP contribution in [0.4, 0.5) is 11.4 Å². The molecule has 11 heteroatoms. The van der Waals surface area contributed by atoms with Crippen molar-refractivity contribution in [2.45, 2.75) is 19.4 Å². The number of ether oxygens (including phenoxy) is 2. The largest absolute Gasteiger partial charge is 0.497 e. The maximum absolute atomic E-state index is 12.8. The number of carbonyl (C=O) groups is 4. The van der Waals surface area contributed by atoms with Gasteiger partial charge in [0.25, 0.3) is 11.6 Å². The maximum atomic E-state index is 12.8. The first-order valence-corrected chi connectivity index (χ1v) is 10.1. The summed E-state index contributed by atoms with van der Waals surface area (Å²) in [7, 11) is 1.37. The average molecular weight is 443 g/mol. The molecule has 1 heterocycles. The van der Waals surface area contributed by atoms with Crippen molar-refractivity contribution in [3.8, 4) is 5.75 Å². The molecule has 32 heavy (non-hydrogen) atoms. The van der Waals surface area contributed by atoms with Crippen molar-refractivity contribution in [1.29, 1.82) is 0 Å². The Morgan fingerprint density at radius 2 is 1.84 bits per heavy atom. The molecule has 0 unspecified atom stereocenters. The molecule has 1 saturated carbocycles. The number of likely N-dealkylation sites (tertiary alicyclic amines) is 1. The van der Waals surface area contributed by atoms with E-state index >= 15 is 0 Å². The van der Waals surface area contributed by atoms with E-state index in [0.717, 1.165) is 11.3 Å². The minimum atomic E-state index is -1.18. The molecule has 1 aromatic carbocycles. The number of fused-ring (bicyclic) bond motifs is 5. The van der Waals surface area contributed by atoms with Crippen LogP contribution in [0.1, 0.15) is 13.3 Å². The molecule has 1 N–H and O–H groups in total. The first-order chi connectivity index (χ1) is 15.2. The van der Waals surface area contributed by atoms with Crippen molar-refractivity contribution in [3.05, 3.63) is 40.5 Å². The van der Waals surface area contributed by atoms with E-state index in [1.54, 1.807) is 0 Å². The minimum Gasteiger partial charge on any atom is -0.497 e. The predicted molar refractivity (Wildman–Crippen MR) is 108 cm³/mol. The molecule has 3 amide bonds. The van der Waals surface area contributed by atoms with Crippen molar-refractivity contribution >= 4 is 35.1 Å². The van der Waals surface area contributed by atoms with Gasteiger partial charge in [-0.3, -0.25) is 29.4 Å². The molecule has 2 fully saturated rings. The minimum absolute atomic E-state index is 0.0131. The lowest BCUT2D eigenvalue weighted by Crippen LogP contribution is -2.45. The lowest BCUT2D eigenvalue weighted by Gasteiger charge is -2.23. The molecule has 0 aromatic heterocycles. The molecule has 2 aliphatic carbocycles. The number of hydrogen-bond acceptors (Lipinski definition) is 8. The molecule has 168 valence electrons. The van der Waals surface area contributed by atoms with Gasteiger partial charge in [0.1, 0.15) is 17.5 Å². The second kappa shape index (κ2) is 8.06. The molecule has 2 bridgehead atoms. The molecule has 1 saturated heterocycles. The molecule has 0 radical (unpaired) electrons. The number of nitrogens with zero attached hydrogens (tertiary/aromatic N) is 2. The summed E-state index contributed by atoms with van der Waals surface area (Å²) in [6, 6.07) is 2.63. The van der Waals surface area contributed by atoms with Gasteiger partial charge in [-0.15, -0.1) is 0 Å². The SMILES string of the molecule is COc1ccc([N+](=O)[O-])c(NC(=O)COC(=O)[C@@H](C)N2C(=O)[C@@H]3[C@H](C2=O)[C@H]2C=C[C@H]3C2)c1. The smallest absolute Gasteiger partial charge is 0.329 e. The number of hydrogen-bond donors (Lipinski definition) is 1. The third kappa shape index (κ3) is 3.49. The number of anilines is 1. The normalized spacial score (nSPS) is 26.1. The van der Waals surface area contributed by atoms with Gasteiger partial charge < -0.3 is 14.8 Å². The van der Waals surface area contributed by atoms with Crippen LogP contribution in [0, 0.1) is 33.8 Å². The molecular formula is C21H21N3O8. The van der Waals surface area contributed by atoms with Gasteiger partial charge >= 0.3 is 5.97 Å². The van der Waals surface area contributed by atoms with E-state index in [0.29, 0.717) is 0 Å². The number of allylic oxidation sites excluding steroid dienone is 2. The van der Waals surface area contributed by atoms with Crippen LogP contribution in [-0.2, 0) is 23.9 Å². The first-order valence-electron chi connectivity index (χ1n) is 10.1. The lowest BCUT2D eigenvalue weighted by atomic mass is 9.85. The van der Waals surface area contributed by atoms with E-state index in [2.05, 4.69) is 5.32 Å². The Morgan fingerprint density at radius 3 is 2.41 bits per heavy atom. The van der Waals surface area contributed by atoms with Crippen LogP contribution in [0.5, 0.6) is 5.75 Å². The number of nitro groups is 1. The fourth-order valence-corrected chi connectivity index (χ4v) is 4.76. The molecule has 1 aromatic rings. The quantitative estimate of drug-likeness (QED) is 0.218. The van der Waals surface area contributed by atoms with E-state index in [1.165, 1.54) is 32.2 Å². The Balaban J connectivity index is 1.37. The molecule has 3 aliphatic rings. The maximum Gasteiger partial charge on any atom is 0.329 e. The topological polar surface area (TPSA) is 145 Å². The zero-order valence-electron chi connectivity index (χ0n) is 17.3.